The molecule has 0 bridgehead atoms. The van der Waals surface area contributed by atoms with Crippen LogP contribution in [0.2, 0.25) is 0 Å². The van der Waals surface area contributed by atoms with Gasteiger partial charge in [-0.1, -0.05) is 41.5 Å². The number of rotatable bonds is 0. The zero-order chi connectivity index (χ0) is 14.5. The van der Waals surface area contributed by atoms with Crippen LogP contribution in [0.3, 0.4) is 0 Å². The summed E-state index contributed by atoms with van der Waals surface area (Å²) in [7, 11) is 0. The molecule has 0 saturated carbocycles. The standard InChI is InChI=1S/C16H24F2/c1-9-11(15(3,4)5)12(16(6,7)8)10(2)14(18)13(9)17/h1-8H3. The third-order valence-electron chi connectivity index (χ3n) is 3.35. The van der Waals surface area contributed by atoms with Crippen molar-refractivity contribution in [2.75, 3.05) is 0 Å². The van der Waals surface area contributed by atoms with E-state index in [1.54, 1.807) is 13.8 Å². The first kappa shape index (κ1) is 15.1. The van der Waals surface area contributed by atoms with Crippen LogP contribution in [0.5, 0.6) is 0 Å². The Kier molecular flexibility index (Phi) is 3.64. The van der Waals surface area contributed by atoms with Gasteiger partial charge < -0.3 is 0 Å². The van der Waals surface area contributed by atoms with Crippen molar-refractivity contribution in [2.24, 2.45) is 0 Å². The Hall–Kier alpha value is -0.920. The van der Waals surface area contributed by atoms with Gasteiger partial charge in [0.15, 0.2) is 11.6 Å². The highest BCUT2D eigenvalue weighted by atomic mass is 19.2. The maximum Gasteiger partial charge on any atom is 0.162 e. The Labute approximate surface area is 109 Å². The van der Waals surface area contributed by atoms with Crippen LogP contribution < -0.4 is 0 Å². The van der Waals surface area contributed by atoms with Crippen LogP contribution in [0.15, 0.2) is 0 Å². The minimum absolute atomic E-state index is 0.202. The van der Waals surface area contributed by atoms with E-state index in [2.05, 4.69) is 0 Å². The minimum Gasteiger partial charge on any atom is -0.203 e. The molecule has 1 aromatic carbocycles. The number of hydrogen-bond donors (Lipinski definition) is 0. The second-order valence-electron chi connectivity index (χ2n) is 7.13. The van der Waals surface area contributed by atoms with Gasteiger partial charge in [-0.2, -0.15) is 0 Å². The third kappa shape index (κ3) is 2.43. The molecular weight excluding hydrogens is 230 g/mol. The average Bonchev–Trinajstić information content (AvgIpc) is 2.16. The lowest BCUT2D eigenvalue weighted by atomic mass is 9.71. The summed E-state index contributed by atoms with van der Waals surface area (Å²) in [5.74, 6) is -1.41. The molecule has 0 N–H and O–H groups in total. The highest BCUT2D eigenvalue weighted by molar-refractivity contribution is 5.49. The van der Waals surface area contributed by atoms with E-state index in [1.807, 2.05) is 41.5 Å². The summed E-state index contributed by atoms with van der Waals surface area (Å²) in [4.78, 5) is 0. The molecule has 0 unspecified atom stereocenters. The highest BCUT2D eigenvalue weighted by Crippen LogP contribution is 2.40. The Balaban J connectivity index is 3.89. The van der Waals surface area contributed by atoms with Crippen molar-refractivity contribution in [1.29, 1.82) is 0 Å². The quantitative estimate of drug-likeness (QED) is 0.598. The Morgan fingerprint density at radius 3 is 1.00 bits per heavy atom. The van der Waals surface area contributed by atoms with Gasteiger partial charge >= 0.3 is 0 Å². The molecule has 1 rings (SSSR count). The van der Waals surface area contributed by atoms with Crippen molar-refractivity contribution in [2.45, 2.75) is 66.2 Å². The second kappa shape index (κ2) is 4.32. The van der Waals surface area contributed by atoms with Crippen LogP contribution in [0.25, 0.3) is 0 Å². The molecule has 0 fully saturated rings. The zero-order valence-corrected chi connectivity index (χ0v) is 12.8. The number of halogens is 2. The predicted molar refractivity (Wildman–Crippen MR) is 73.2 cm³/mol. The molecule has 0 aromatic heterocycles. The lowest BCUT2D eigenvalue weighted by Gasteiger charge is -2.34. The largest absolute Gasteiger partial charge is 0.203 e. The molecule has 0 aliphatic rings. The van der Waals surface area contributed by atoms with Crippen molar-refractivity contribution in [3.05, 3.63) is 33.9 Å². The van der Waals surface area contributed by atoms with Crippen LogP contribution in [-0.2, 0) is 10.8 Å². The molecule has 102 valence electrons. The zero-order valence-electron chi connectivity index (χ0n) is 12.8. The second-order valence-corrected chi connectivity index (χ2v) is 7.13. The Morgan fingerprint density at radius 2 is 0.833 bits per heavy atom. The lowest BCUT2D eigenvalue weighted by Crippen LogP contribution is -2.26. The highest BCUT2D eigenvalue weighted by Gasteiger charge is 2.32. The van der Waals surface area contributed by atoms with Gasteiger partial charge in [0.25, 0.3) is 0 Å². The van der Waals surface area contributed by atoms with Gasteiger partial charge in [0.2, 0.25) is 0 Å². The Bertz CT molecular complexity index is 427. The normalized spacial score (nSPS) is 13.0. The van der Waals surface area contributed by atoms with Crippen molar-refractivity contribution in [3.63, 3.8) is 0 Å². The third-order valence-corrected chi connectivity index (χ3v) is 3.35. The SMILES string of the molecule is Cc1c(F)c(F)c(C)c(C(C)(C)C)c1C(C)(C)C. The van der Waals surface area contributed by atoms with Gasteiger partial charge in [-0.25, -0.2) is 8.78 Å². The summed E-state index contributed by atoms with van der Waals surface area (Å²) in [6.07, 6.45) is 0. The van der Waals surface area contributed by atoms with Gasteiger partial charge in [-0.3, -0.25) is 0 Å². The maximum absolute atomic E-state index is 14.0. The molecule has 0 aliphatic carbocycles. The summed E-state index contributed by atoms with van der Waals surface area (Å²) in [6.45, 7) is 15.6. The van der Waals surface area contributed by atoms with E-state index in [0.717, 1.165) is 11.1 Å². The fourth-order valence-electron chi connectivity index (χ4n) is 2.80. The average molecular weight is 254 g/mol. The molecule has 0 spiro atoms. The molecule has 0 nitrogen and oxygen atoms in total. The molecule has 2 heteroatoms. The summed E-state index contributed by atoms with van der Waals surface area (Å²) < 4.78 is 28.0. The monoisotopic (exact) mass is 254 g/mol. The first-order valence-corrected chi connectivity index (χ1v) is 6.38. The lowest BCUT2D eigenvalue weighted by molar-refractivity contribution is 0.464. The summed E-state index contributed by atoms with van der Waals surface area (Å²) in [5.41, 5.74) is 2.35. The first-order chi connectivity index (χ1) is 7.89. The minimum atomic E-state index is -0.703. The molecule has 0 radical (unpaired) electrons. The van der Waals surface area contributed by atoms with E-state index in [0.29, 0.717) is 11.1 Å². The van der Waals surface area contributed by atoms with Gasteiger partial charge in [0.05, 0.1) is 0 Å². The molecule has 0 amide bonds. The summed E-state index contributed by atoms with van der Waals surface area (Å²) in [5, 5.41) is 0. The van der Waals surface area contributed by atoms with Gasteiger partial charge in [0.1, 0.15) is 0 Å². The molecule has 0 heterocycles. The van der Waals surface area contributed by atoms with Crippen molar-refractivity contribution >= 4 is 0 Å². The molecule has 0 atom stereocenters. The van der Waals surface area contributed by atoms with Crippen LogP contribution in [-0.4, -0.2) is 0 Å². The number of hydrogen-bond acceptors (Lipinski definition) is 0. The van der Waals surface area contributed by atoms with Crippen LogP contribution in [0.4, 0.5) is 8.78 Å². The topological polar surface area (TPSA) is 0 Å². The van der Waals surface area contributed by atoms with Crippen LogP contribution >= 0.6 is 0 Å². The smallest absolute Gasteiger partial charge is 0.162 e. The van der Waals surface area contributed by atoms with E-state index >= 15 is 0 Å². The molecule has 1 aromatic rings. The first-order valence-electron chi connectivity index (χ1n) is 6.38. The summed E-state index contributed by atoms with van der Waals surface area (Å²) in [6, 6.07) is 0. The van der Waals surface area contributed by atoms with Crippen molar-refractivity contribution in [1.82, 2.24) is 0 Å². The molecular formula is C16H24F2. The summed E-state index contributed by atoms with van der Waals surface area (Å²) >= 11 is 0. The van der Waals surface area contributed by atoms with E-state index in [9.17, 15) is 8.78 Å². The number of benzene rings is 1. The van der Waals surface area contributed by atoms with Gasteiger partial charge in [-0.15, -0.1) is 0 Å². The fourth-order valence-corrected chi connectivity index (χ4v) is 2.80. The van der Waals surface area contributed by atoms with Crippen LogP contribution in [0, 0.1) is 25.5 Å². The van der Waals surface area contributed by atoms with E-state index in [4.69, 9.17) is 0 Å². The van der Waals surface area contributed by atoms with Crippen molar-refractivity contribution < 1.29 is 8.78 Å². The molecule has 0 saturated heterocycles. The Morgan fingerprint density at radius 1 is 0.611 bits per heavy atom. The van der Waals surface area contributed by atoms with E-state index in [-0.39, 0.29) is 10.8 Å². The maximum atomic E-state index is 14.0. The van der Waals surface area contributed by atoms with Gasteiger partial charge in [-0.05, 0) is 46.9 Å². The van der Waals surface area contributed by atoms with Crippen LogP contribution in [0.1, 0.15) is 63.8 Å². The van der Waals surface area contributed by atoms with Gasteiger partial charge in [0, 0.05) is 0 Å². The predicted octanol–water partition coefficient (Wildman–Crippen LogP) is 5.18. The van der Waals surface area contributed by atoms with E-state index in [1.165, 1.54) is 0 Å². The fraction of sp³-hybridized carbons (Fsp3) is 0.625. The van der Waals surface area contributed by atoms with Crippen molar-refractivity contribution in [3.8, 4) is 0 Å². The van der Waals surface area contributed by atoms with E-state index < -0.39 is 11.6 Å². The molecule has 0 aliphatic heterocycles. The molecule has 18 heavy (non-hydrogen) atoms.